The molecule has 0 aliphatic rings. The highest BCUT2D eigenvalue weighted by atomic mass is 16.4. The van der Waals surface area contributed by atoms with Gasteiger partial charge in [-0.05, 0) is 47.4 Å². The second-order valence-corrected chi connectivity index (χ2v) is 7.60. The summed E-state index contributed by atoms with van der Waals surface area (Å²) in [5, 5.41) is 17.7. The number of aliphatic carboxylic acids is 1. The second-order valence-electron chi connectivity index (χ2n) is 7.60. The summed E-state index contributed by atoms with van der Waals surface area (Å²) in [7, 11) is 0. The normalized spacial score (nSPS) is 11.3. The summed E-state index contributed by atoms with van der Waals surface area (Å²) < 4.78 is 0. The molecule has 2 aromatic heterocycles. The Bertz CT molecular complexity index is 1080. The van der Waals surface area contributed by atoms with Crippen LogP contribution in [0.5, 0.6) is 0 Å². The number of nitrogens with zero attached hydrogens (tertiary/aromatic N) is 2. The number of hydrogen-bond acceptors (Lipinski definition) is 6. The summed E-state index contributed by atoms with van der Waals surface area (Å²) in [6.07, 6.45) is 5.63. The van der Waals surface area contributed by atoms with Gasteiger partial charge in [-0.1, -0.05) is 30.3 Å². The molecule has 0 spiro atoms. The van der Waals surface area contributed by atoms with Gasteiger partial charge < -0.3 is 21.1 Å². The number of pyridine rings is 2. The molecule has 0 saturated carbocycles. The Labute approximate surface area is 197 Å². The molecular formula is C25H27N5O4. The highest BCUT2D eigenvalue weighted by molar-refractivity contribution is 5.85. The van der Waals surface area contributed by atoms with E-state index in [-0.39, 0.29) is 25.3 Å². The average molecular weight is 462 g/mol. The minimum Gasteiger partial charge on any atom is -0.481 e. The number of carboxylic acid groups (broad SMARTS) is 1. The Kier molecular flexibility index (Phi) is 9.09. The van der Waals surface area contributed by atoms with Crippen LogP contribution in [0.15, 0.2) is 73.2 Å². The molecule has 0 bridgehead atoms. The van der Waals surface area contributed by atoms with E-state index in [0.29, 0.717) is 18.5 Å². The number of carboxylic acids is 1. The first-order valence-electron chi connectivity index (χ1n) is 10.9. The van der Waals surface area contributed by atoms with Gasteiger partial charge in [-0.3, -0.25) is 19.4 Å². The Morgan fingerprint density at radius 2 is 1.62 bits per heavy atom. The standard InChI is InChI=1S/C25H27N5O4/c31-23(5-3-13-28-22-4-1-2-12-27-22)29-17-24(32)30-21(16-25(33)34)20-8-6-18(7-9-20)19-10-14-26-15-11-19/h1-2,4,6-12,14-15,21H,3,5,13,16-17H2,(H,27,28)(H,29,31)(H,30,32)(H,33,34). The number of carbonyl (C=O) groups excluding carboxylic acids is 2. The third kappa shape index (κ3) is 8.01. The molecule has 3 rings (SSSR count). The van der Waals surface area contributed by atoms with Crippen LogP contribution in [0, 0.1) is 0 Å². The van der Waals surface area contributed by atoms with Crippen LogP contribution < -0.4 is 16.0 Å². The third-order valence-corrected chi connectivity index (χ3v) is 5.04. The zero-order chi connectivity index (χ0) is 24.2. The number of anilines is 1. The van der Waals surface area contributed by atoms with E-state index in [9.17, 15) is 19.5 Å². The lowest BCUT2D eigenvalue weighted by Crippen LogP contribution is -2.39. The molecule has 9 heteroatoms. The van der Waals surface area contributed by atoms with E-state index < -0.39 is 17.9 Å². The summed E-state index contributed by atoms with van der Waals surface area (Å²) in [4.78, 5) is 43.9. The van der Waals surface area contributed by atoms with Gasteiger partial charge in [-0.2, -0.15) is 0 Å². The first-order valence-corrected chi connectivity index (χ1v) is 10.9. The molecule has 1 aromatic carbocycles. The number of nitrogens with one attached hydrogen (secondary N) is 3. The summed E-state index contributed by atoms with van der Waals surface area (Å²) >= 11 is 0. The van der Waals surface area contributed by atoms with Gasteiger partial charge in [0.05, 0.1) is 19.0 Å². The van der Waals surface area contributed by atoms with Crippen molar-refractivity contribution in [2.45, 2.75) is 25.3 Å². The van der Waals surface area contributed by atoms with E-state index in [1.165, 1.54) is 0 Å². The van der Waals surface area contributed by atoms with E-state index in [1.54, 1.807) is 30.7 Å². The summed E-state index contributed by atoms with van der Waals surface area (Å²) in [5.74, 6) is -1.01. The molecule has 0 saturated heterocycles. The number of carbonyl (C=O) groups is 3. The predicted octanol–water partition coefficient (Wildman–Crippen LogP) is 2.78. The molecule has 1 atom stereocenters. The van der Waals surface area contributed by atoms with Gasteiger partial charge in [0, 0.05) is 31.6 Å². The lowest BCUT2D eigenvalue weighted by molar-refractivity contribution is -0.138. The molecule has 0 radical (unpaired) electrons. The molecule has 3 aromatic rings. The molecule has 176 valence electrons. The molecule has 34 heavy (non-hydrogen) atoms. The number of hydrogen-bond donors (Lipinski definition) is 4. The predicted molar refractivity (Wildman–Crippen MR) is 128 cm³/mol. The van der Waals surface area contributed by atoms with Crippen LogP contribution in [0.1, 0.15) is 30.9 Å². The van der Waals surface area contributed by atoms with Crippen molar-refractivity contribution in [1.29, 1.82) is 0 Å². The van der Waals surface area contributed by atoms with Crippen molar-refractivity contribution >= 4 is 23.6 Å². The van der Waals surface area contributed by atoms with Crippen molar-refractivity contribution in [3.05, 3.63) is 78.8 Å². The van der Waals surface area contributed by atoms with Gasteiger partial charge in [0.2, 0.25) is 11.8 Å². The van der Waals surface area contributed by atoms with Gasteiger partial charge in [0.1, 0.15) is 5.82 Å². The Hall–Kier alpha value is -4.27. The second kappa shape index (κ2) is 12.7. The molecule has 2 heterocycles. The van der Waals surface area contributed by atoms with Crippen LogP contribution in [0.25, 0.3) is 11.1 Å². The fraction of sp³-hybridized carbons (Fsp3) is 0.240. The minimum absolute atomic E-state index is 0.224. The average Bonchev–Trinajstić information content (AvgIpc) is 2.86. The topological polar surface area (TPSA) is 133 Å². The van der Waals surface area contributed by atoms with Crippen LogP contribution in [0.3, 0.4) is 0 Å². The van der Waals surface area contributed by atoms with Crippen LogP contribution in [-0.4, -0.2) is 45.9 Å². The zero-order valence-corrected chi connectivity index (χ0v) is 18.6. The van der Waals surface area contributed by atoms with Gasteiger partial charge in [0.15, 0.2) is 0 Å². The fourth-order valence-corrected chi connectivity index (χ4v) is 3.32. The molecule has 1 unspecified atom stereocenters. The third-order valence-electron chi connectivity index (χ3n) is 5.04. The summed E-state index contributed by atoms with van der Waals surface area (Å²) in [5.41, 5.74) is 2.61. The SMILES string of the molecule is O=C(O)CC(NC(=O)CNC(=O)CCCNc1ccccn1)c1ccc(-c2ccncc2)cc1. The van der Waals surface area contributed by atoms with Crippen molar-refractivity contribution in [2.75, 3.05) is 18.4 Å². The van der Waals surface area contributed by atoms with E-state index in [2.05, 4.69) is 25.9 Å². The molecule has 0 aliphatic carbocycles. The van der Waals surface area contributed by atoms with Crippen molar-refractivity contribution in [1.82, 2.24) is 20.6 Å². The number of rotatable bonds is 12. The van der Waals surface area contributed by atoms with E-state index in [4.69, 9.17) is 0 Å². The lowest BCUT2D eigenvalue weighted by atomic mass is 9.99. The maximum atomic E-state index is 12.4. The maximum Gasteiger partial charge on any atom is 0.305 e. The maximum absolute atomic E-state index is 12.4. The van der Waals surface area contributed by atoms with Crippen LogP contribution in [0.2, 0.25) is 0 Å². The zero-order valence-electron chi connectivity index (χ0n) is 18.6. The highest BCUT2D eigenvalue weighted by Crippen LogP contribution is 2.23. The van der Waals surface area contributed by atoms with E-state index in [0.717, 1.165) is 16.9 Å². The fourth-order valence-electron chi connectivity index (χ4n) is 3.32. The highest BCUT2D eigenvalue weighted by Gasteiger charge is 2.18. The molecule has 2 amide bonds. The van der Waals surface area contributed by atoms with Gasteiger partial charge in [-0.25, -0.2) is 4.98 Å². The molecule has 9 nitrogen and oxygen atoms in total. The number of amides is 2. The summed E-state index contributed by atoms with van der Waals surface area (Å²) in [6, 6.07) is 15.9. The lowest BCUT2D eigenvalue weighted by Gasteiger charge is -2.18. The summed E-state index contributed by atoms with van der Waals surface area (Å²) in [6.45, 7) is 0.352. The van der Waals surface area contributed by atoms with Crippen molar-refractivity contribution in [3.8, 4) is 11.1 Å². The minimum atomic E-state index is -1.03. The van der Waals surface area contributed by atoms with Crippen LogP contribution >= 0.6 is 0 Å². The van der Waals surface area contributed by atoms with E-state index >= 15 is 0 Å². The monoisotopic (exact) mass is 461 g/mol. The largest absolute Gasteiger partial charge is 0.481 e. The van der Waals surface area contributed by atoms with Crippen LogP contribution in [-0.2, 0) is 14.4 Å². The Morgan fingerprint density at radius 3 is 2.29 bits per heavy atom. The smallest absolute Gasteiger partial charge is 0.305 e. The van der Waals surface area contributed by atoms with Gasteiger partial charge in [-0.15, -0.1) is 0 Å². The first-order chi connectivity index (χ1) is 16.5. The van der Waals surface area contributed by atoms with Crippen LogP contribution in [0.4, 0.5) is 5.82 Å². The number of aromatic nitrogens is 2. The van der Waals surface area contributed by atoms with Gasteiger partial charge in [0.25, 0.3) is 0 Å². The van der Waals surface area contributed by atoms with Crippen molar-refractivity contribution < 1.29 is 19.5 Å². The van der Waals surface area contributed by atoms with Crippen molar-refractivity contribution in [2.24, 2.45) is 0 Å². The van der Waals surface area contributed by atoms with E-state index in [1.807, 2.05) is 42.5 Å². The molecular weight excluding hydrogens is 434 g/mol. The molecule has 0 fully saturated rings. The molecule has 0 aliphatic heterocycles. The number of benzene rings is 1. The van der Waals surface area contributed by atoms with Crippen molar-refractivity contribution in [3.63, 3.8) is 0 Å². The Morgan fingerprint density at radius 1 is 0.882 bits per heavy atom. The molecule has 4 N–H and O–H groups in total. The quantitative estimate of drug-likeness (QED) is 0.305. The first kappa shape index (κ1) is 24.4. The Balaban J connectivity index is 1.46. The van der Waals surface area contributed by atoms with Gasteiger partial charge >= 0.3 is 5.97 Å².